The summed E-state index contributed by atoms with van der Waals surface area (Å²) in [6.07, 6.45) is -1.20. The van der Waals surface area contributed by atoms with Crippen molar-refractivity contribution in [2.75, 3.05) is 18.4 Å². The standard InChI is InChI=1S/C27H30N4O5.CH4/c1-18(2)16-28-17-24(33)29-23-14-10-21(11-15-23)7-5-4-6-20-8-12-22(13-9-20)26(34)30-25(19(3)32)27(35)31-36;/h8-15,18-19,25,28,32,36H,16-17H2,1-3H3,(H,29,33)(H,30,34)(H,31,35);1H4/t19-,25+;/m1./s1. The highest BCUT2D eigenvalue weighted by molar-refractivity contribution is 5.97. The lowest BCUT2D eigenvalue weighted by Crippen LogP contribution is -2.51. The third kappa shape index (κ3) is 11.0. The Morgan fingerprint density at radius 1 is 0.892 bits per heavy atom. The second-order valence-electron chi connectivity index (χ2n) is 8.40. The molecule has 196 valence electrons. The number of carbonyl (C=O) groups is 3. The molecule has 0 aliphatic carbocycles. The molecule has 0 aliphatic rings. The summed E-state index contributed by atoms with van der Waals surface area (Å²) in [5, 5.41) is 26.6. The predicted molar refractivity (Wildman–Crippen MR) is 143 cm³/mol. The summed E-state index contributed by atoms with van der Waals surface area (Å²) in [6.45, 7) is 6.50. The van der Waals surface area contributed by atoms with Gasteiger partial charge in [0.2, 0.25) is 5.91 Å². The highest BCUT2D eigenvalue weighted by Gasteiger charge is 2.25. The number of aliphatic hydroxyl groups is 1. The summed E-state index contributed by atoms with van der Waals surface area (Å²) < 4.78 is 0. The average Bonchev–Trinajstić information content (AvgIpc) is 2.85. The Balaban J connectivity index is 0.00000684. The number of hydroxylamine groups is 1. The molecule has 0 heterocycles. The molecule has 0 bridgehead atoms. The van der Waals surface area contributed by atoms with Crippen molar-refractivity contribution in [1.82, 2.24) is 16.1 Å². The van der Waals surface area contributed by atoms with Crippen molar-refractivity contribution in [3.8, 4) is 23.7 Å². The van der Waals surface area contributed by atoms with E-state index in [1.807, 2.05) is 0 Å². The van der Waals surface area contributed by atoms with Crippen molar-refractivity contribution in [1.29, 1.82) is 0 Å². The first kappa shape index (κ1) is 30.9. The van der Waals surface area contributed by atoms with Crippen LogP contribution in [0, 0.1) is 29.6 Å². The van der Waals surface area contributed by atoms with E-state index >= 15 is 0 Å². The molecule has 2 atom stereocenters. The van der Waals surface area contributed by atoms with Gasteiger partial charge in [0.05, 0.1) is 12.6 Å². The molecular formula is C28H34N4O5. The molecule has 0 fully saturated rings. The lowest BCUT2D eigenvalue weighted by molar-refractivity contribution is -0.133. The van der Waals surface area contributed by atoms with Gasteiger partial charge in [0.15, 0.2) is 0 Å². The molecule has 9 heteroatoms. The van der Waals surface area contributed by atoms with Crippen LogP contribution in [0.3, 0.4) is 0 Å². The quantitative estimate of drug-likeness (QED) is 0.174. The van der Waals surface area contributed by atoms with Crippen LogP contribution < -0.4 is 21.4 Å². The highest BCUT2D eigenvalue weighted by Crippen LogP contribution is 2.09. The van der Waals surface area contributed by atoms with Crippen LogP contribution in [0.25, 0.3) is 0 Å². The number of carbonyl (C=O) groups excluding carboxylic acids is 3. The number of aliphatic hydroxyl groups excluding tert-OH is 1. The number of rotatable bonds is 9. The van der Waals surface area contributed by atoms with E-state index in [1.54, 1.807) is 36.4 Å². The molecule has 0 unspecified atom stereocenters. The van der Waals surface area contributed by atoms with Gasteiger partial charge in [0.1, 0.15) is 6.04 Å². The monoisotopic (exact) mass is 506 g/mol. The van der Waals surface area contributed by atoms with Gasteiger partial charge >= 0.3 is 0 Å². The zero-order valence-electron chi connectivity index (χ0n) is 20.4. The van der Waals surface area contributed by atoms with E-state index in [-0.39, 0.29) is 25.4 Å². The number of benzene rings is 2. The molecule has 2 aromatic rings. The summed E-state index contributed by atoms with van der Waals surface area (Å²) in [7, 11) is 0. The zero-order chi connectivity index (χ0) is 26.5. The fourth-order valence-electron chi connectivity index (χ4n) is 2.93. The SMILES string of the molecule is C.CC(C)CNCC(=O)Nc1ccc(C#CC#Cc2ccc(C(=O)N[C@H](C(=O)NO)[C@@H](C)O)cc2)cc1. The van der Waals surface area contributed by atoms with Gasteiger partial charge in [-0.2, -0.15) is 0 Å². The van der Waals surface area contributed by atoms with Crippen LogP contribution in [0.15, 0.2) is 48.5 Å². The van der Waals surface area contributed by atoms with Crippen molar-refractivity contribution >= 4 is 23.4 Å². The van der Waals surface area contributed by atoms with Crippen LogP contribution in [0.2, 0.25) is 0 Å². The van der Waals surface area contributed by atoms with E-state index in [2.05, 4.69) is 53.5 Å². The third-order valence-electron chi connectivity index (χ3n) is 4.79. The molecule has 0 saturated heterocycles. The second kappa shape index (κ2) is 15.8. The molecule has 37 heavy (non-hydrogen) atoms. The Hall–Kier alpha value is -4.15. The Labute approximate surface area is 218 Å². The van der Waals surface area contributed by atoms with E-state index in [0.717, 1.165) is 12.1 Å². The van der Waals surface area contributed by atoms with Crippen molar-refractivity contribution in [3.63, 3.8) is 0 Å². The molecule has 0 saturated carbocycles. The fraction of sp³-hybridized carbons (Fsp3) is 0.321. The Morgan fingerprint density at radius 3 is 1.92 bits per heavy atom. The van der Waals surface area contributed by atoms with E-state index < -0.39 is 24.0 Å². The summed E-state index contributed by atoms with van der Waals surface area (Å²) in [5.41, 5.74) is 3.72. The number of hydrogen-bond acceptors (Lipinski definition) is 6. The van der Waals surface area contributed by atoms with Gasteiger partial charge in [0, 0.05) is 22.4 Å². The number of anilines is 1. The summed E-state index contributed by atoms with van der Waals surface area (Å²) >= 11 is 0. The van der Waals surface area contributed by atoms with E-state index in [4.69, 9.17) is 5.21 Å². The minimum atomic E-state index is -1.30. The van der Waals surface area contributed by atoms with E-state index in [9.17, 15) is 19.5 Å². The van der Waals surface area contributed by atoms with Gasteiger partial charge < -0.3 is 21.1 Å². The highest BCUT2D eigenvalue weighted by atomic mass is 16.5. The maximum Gasteiger partial charge on any atom is 0.268 e. The van der Waals surface area contributed by atoms with Crippen molar-refractivity contribution in [2.24, 2.45) is 5.92 Å². The average molecular weight is 507 g/mol. The molecule has 0 radical (unpaired) electrons. The minimum absolute atomic E-state index is 0. The van der Waals surface area contributed by atoms with Gasteiger partial charge in [-0.25, -0.2) is 5.48 Å². The maximum absolute atomic E-state index is 12.3. The lowest BCUT2D eigenvalue weighted by atomic mass is 10.1. The molecule has 0 aliphatic heterocycles. The first-order chi connectivity index (χ1) is 17.2. The van der Waals surface area contributed by atoms with Gasteiger partial charge in [0.25, 0.3) is 11.8 Å². The molecule has 0 spiro atoms. The first-order valence-electron chi connectivity index (χ1n) is 11.3. The molecular weight excluding hydrogens is 472 g/mol. The van der Waals surface area contributed by atoms with Crippen molar-refractivity contribution < 1.29 is 24.7 Å². The third-order valence-corrected chi connectivity index (χ3v) is 4.79. The van der Waals surface area contributed by atoms with Crippen LogP contribution in [-0.4, -0.2) is 53.3 Å². The Morgan fingerprint density at radius 2 is 1.43 bits per heavy atom. The van der Waals surface area contributed by atoms with Crippen molar-refractivity contribution in [3.05, 3.63) is 65.2 Å². The molecule has 9 nitrogen and oxygen atoms in total. The summed E-state index contributed by atoms with van der Waals surface area (Å²) in [4.78, 5) is 35.8. The van der Waals surface area contributed by atoms with Crippen LogP contribution in [0.5, 0.6) is 0 Å². The number of nitrogens with one attached hydrogen (secondary N) is 4. The zero-order valence-corrected chi connectivity index (χ0v) is 20.4. The number of amides is 3. The van der Waals surface area contributed by atoms with E-state index in [1.165, 1.54) is 24.5 Å². The summed E-state index contributed by atoms with van der Waals surface area (Å²) in [6, 6.07) is 12.1. The van der Waals surface area contributed by atoms with Crippen LogP contribution >= 0.6 is 0 Å². The Kier molecular flexibility index (Phi) is 13.2. The minimum Gasteiger partial charge on any atom is -0.391 e. The van der Waals surface area contributed by atoms with Crippen molar-refractivity contribution in [2.45, 2.75) is 40.3 Å². The fourth-order valence-corrected chi connectivity index (χ4v) is 2.93. The normalized spacial score (nSPS) is 11.4. The molecule has 0 aromatic heterocycles. The maximum atomic E-state index is 12.3. The second-order valence-corrected chi connectivity index (χ2v) is 8.40. The van der Waals surface area contributed by atoms with Gasteiger partial charge in [-0.15, -0.1) is 0 Å². The summed E-state index contributed by atoms with van der Waals surface area (Å²) in [5.74, 6) is 10.2. The molecule has 3 amide bonds. The smallest absolute Gasteiger partial charge is 0.268 e. The van der Waals surface area contributed by atoms with Gasteiger partial charge in [-0.3, -0.25) is 19.6 Å². The van der Waals surface area contributed by atoms with Crippen LogP contribution in [0.4, 0.5) is 5.69 Å². The largest absolute Gasteiger partial charge is 0.391 e. The van der Waals surface area contributed by atoms with Gasteiger partial charge in [-0.05, 0) is 79.8 Å². The molecule has 2 rings (SSSR count). The number of hydrogen-bond donors (Lipinski definition) is 6. The lowest BCUT2D eigenvalue weighted by Gasteiger charge is -2.19. The molecule has 6 N–H and O–H groups in total. The van der Waals surface area contributed by atoms with Gasteiger partial charge in [-0.1, -0.05) is 33.1 Å². The van der Waals surface area contributed by atoms with Crippen LogP contribution in [-0.2, 0) is 9.59 Å². The topological polar surface area (TPSA) is 140 Å². The van der Waals surface area contributed by atoms with E-state index in [0.29, 0.717) is 17.2 Å². The Bertz CT molecular complexity index is 1170. The first-order valence-corrected chi connectivity index (χ1v) is 11.3. The predicted octanol–water partition coefficient (Wildman–Crippen LogP) is 1.89. The van der Waals surface area contributed by atoms with Crippen LogP contribution in [0.1, 0.15) is 49.7 Å². The molecule has 2 aromatic carbocycles.